The number of ketones is 1. The summed E-state index contributed by atoms with van der Waals surface area (Å²) in [6, 6.07) is 7.40. The van der Waals surface area contributed by atoms with E-state index in [0.717, 1.165) is 11.1 Å². The normalized spacial score (nSPS) is 17.5. The predicted molar refractivity (Wildman–Crippen MR) is 67.8 cm³/mol. The minimum Gasteiger partial charge on any atom is -0.438 e. The molecule has 0 fully saturated rings. The SMILES string of the molecule is CC(=O)C1=CC=CC(c2nc3ccccc3o2)N1.[Fe]. The summed E-state index contributed by atoms with van der Waals surface area (Å²) < 4.78 is 5.67. The summed E-state index contributed by atoms with van der Waals surface area (Å²) in [5.74, 6) is 0.569. The maximum atomic E-state index is 11.3. The van der Waals surface area contributed by atoms with Crippen LogP contribution >= 0.6 is 0 Å². The largest absolute Gasteiger partial charge is 0.438 e. The van der Waals surface area contributed by atoms with Gasteiger partial charge in [0.15, 0.2) is 11.4 Å². The zero-order valence-electron chi connectivity index (χ0n) is 10.2. The van der Waals surface area contributed by atoms with Gasteiger partial charge in [0.05, 0.1) is 5.70 Å². The van der Waals surface area contributed by atoms with Crippen LogP contribution in [0.2, 0.25) is 0 Å². The van der Waals surface area contributed by atoms with E-state index in [2.05, 4.69) is 10.3 Å². The number of allylic oxidation sites excluding steroid dienone is 3. The number of hydrogen-bond acceptors (Lipinski definition) is 4. The number of hydrogen-bond donors (Lipinski definition) is 1. The monoisotopic (exact) mass is 296 g/mol. The first kappa shape index (κ1) is 13.6. The fourth-order valence-electron chi connectivity index (χ4n) is 1.91. The molecule has 2 aromatic rings. The second-order valence-corrected chi connectivity index (χ2v) is 4.16. The summed E-state index contributed by atoms with van der Waals surface area (Å²) in [4.78, 5) is 15.7. The molecule has 0 saturated heterocycles. The molecule has 1 aromatic heterocycles. The Kier molecular flexibility index (Phi) is 3.88. The van der Waals surface area contributed by atoms with Gasteiger partial charge in [0.2, 0.25) is 5.89 Å². The molecule has 1 aromatic carbocycles. The summed E-state index contributed by atoms with van der Waals surface area (Å²) in [6.07, 6.45) is 5.51. The second kappa shape index (κ2) is 5.43. The Hall–Kier alpha value is -1.84. The van der Waals surface area contributed by atoms with Gasteiger partial charge in [-0.2, -0.15) is 0 Å². The van der Waals surface area contributed by atoms with Crippen LogP contribution in [-0.2, 0) is 21.9 Å². The minimum absolute atomic E-state index is 0. The maximum Gasteiger partial charge on any atom is 0.222 e. The van der Waals surface area contributed by atoms with Crippen molar-refractivity contribution in [1.82, 2.24) is 10.3 Å². The Morgan fingerprint density at radius 1 is 1.37 bits per heavy atom. The van der Waals surface area contributed by atoms with Gasteiger partial charge in [0.25, 0.3) is 0 Å². The number of oxazole rings is 1. The van der Waals surface area contributed by atoms with Crippen molar-refractivity contribution in [2.24, 2.45) is 0 Å². The van der Waals surface area contributed by atoms with Gasteiger partial charge in [-0.25, -0.2) is 4.98 Å². The molecule has 19 heavy (non-hydrogen) atoms. The summed E-state index contributed by atoms with van der Waals surface area (Å²) in [5.41, 5.74) is 2.15. The van der Waals surface area contributed by atoms with Crippen molar-refractivity contribution >= 4 is 16.9 Å². The number of benzene rings is 1. The molecule has 0 amide bonds. The number of carbonyl (C=O) groups excluding carboxylic acids is 1. The third-order valence-electron chi connectivity index (χ3n) is 2.83. The molecular formula is C14H12FeN2O2. The molecule has 3 rings (SSSR count). The molecule has 1 aliphatic rings. The molecular weight excluding hydrogens is 284 g/mol. The molecule has 4 nitrogen and oxygen atoms in total. The minimum atomic E-state index is -0.193. The summed E-state index contributed by atoms with van der Waals surface area (Å²) >= 11 is 0. The quantitative estimate of drug-likeness (QED) is 0.865. The Morgan fingerprint density at radius 3 is 2.89 bits per heavy atom. The average molecular weight is 296 g/mol. The maximum absolute atomic E-state index is 11.3. The van der Waals surface area contributed by atoms with Gasteiger partial charge < -0.3 is 9.73 Å². The van der Waals surface area contributed by atoms with Crippen molar-refractivity contribution in [2.45, 2.75) is 13.0 Å². The summed E-state index contributed by atoms with van der Waals surface area (Å²) in [5, 5.41) is 3.10. The fraction of sp³-hybridized carbons (Fsp3) is 0.143. The third kappa shape index (κ3) is 2.62. The molecule has 0 aliphatic carbocycles. The number of para-hydroxylation sites is 2. The van der Waals surface area contributed by atoms with Gasteiger partial charge >= 0.3 is 0 Å². The number of nitrogens with one attached hydrogen (secondary N) is 1. The van der Waals surface area contributed by atoms with Crippen LogP contribution in [0.15, 0.2) is 52.6 Å². The van der Waals surface area contributed by atoms with Crippen molar-refractivity contribution in [3.8, 4) is 0 Å². The van der Waals surface area contributed by atoms with Gasteiger partial charge in [-0.15, -0.1) is 0 Å². The number of rotatable bonds is 2. The van der Waals surface area contributed by atoms with Crippen LogP contribution < -0.4 is 5.32 Å². The smallest absolute Gasteiger partial charge is 0.222 e. The van der Waals surface area contributed by atoms with Crippen LogP contribution in [-0.4, -0.2) is 10.8 Å². The van der Waals surface area contributed by atoms with Crippen molar-refractivity contribution in [2.75, 3.05) is 0 Å². The zero-order valence-corrected chi connectivity index (χ0v) is 11.3. The number of fused-ring (bicyclic) bond motifs is 1. The number of Topliss-reactive ketones (excluding diaryl/α,β-unsaturated/α-hetero) is 1. The number of aromatic nitrogens is 1. The molecule has 2 heterocycles. The van der Waals surface area contributed by atoms with E-state index in [1.165, 1.54) is 6.92 Å². The first-order chi connectivity index (χ1) is 8.74. The van der Waals surface area contributed by atoms with Crippen LogP contribution in [0.1, 0.15) is 18.9 Å². The molecule has 0 saturated carbocycles. The average Bonchev–Trinajstić information content (AvgIpc) is 2.82. The van der Waals surface area contributed by atoms with E-state index in [-0.39, 0.29) is 28.9 Å². The second-order valence-electron chi connectivity index (χ2n) is 4.16. The first-order valence-corrected chi connectivity index (χ1v) is 5.75. The van der Waals surface area contributed by atoms with Gasteiger partial charge in [-0.3, -0.25) is 4.79 Å². The van der Waals surface area contributed by atoms with Crippen molar-refractivity contribution < 1.29 is 26.3 Å². The number of carbonyl (C=O) groups is 1. The van der Waals surface area contributed by atoms with Crippen molar-refractivity contribution in [1.29, 1.82) is 0 Å². The summed E-state index contributed by atoms with van der Waals surface area (Å²) in [7, 11) is 0. The molecule has 1 N–H and O–H groups in total. The fourth-order valence-corrected chi connectivity index (χ4v) is 1.91. The van der Waals surface area contributed by atoms with Gasteiger partial charge in [0, 0.05) is 24.0 Å². The first-order valence-electron chi connectivity index (χ1n) is 5.75. The van der Waals surface area contributed by atoms with E-state index < -0.39 is 0 Å². The molecule has 1 atom stereocenters. The van der Waals surface area contributed by atoms with Gasteiger partial charge in [-0.05, 0) is 18.2 Å². The molecule has 5 heteroatoms. The van der Waals surface area contributed by atoms with Crippen LogP contribution in [0.4, 0.5) is 0 Å². The van der Waals surface area contributed by atoms with Gasteiger partial charge in [0.1, 0.15) is 11.6 Å². The molecule has 0 bridgehead atoms. The van der Waals surface area contributed by atoms with Crippen LogP contribution in [0, 0.1) is 0 Å². The molecule has 98 valence electrons. The van der Waals surface area contributed by atoms with E-state index in [1.807, 2.05) is 36.4 Å². The molecule has 1 unspecified atom stereocenters. The predicted octanol–water partition coefficient (Wildman–Crippen LogP) is 2.50. The zero-order chi connectivity index (χ0) is 12.5. The van der Waals surface area contributed by atoms with Crippen LogP contribution in [0.3, 0.4) is 0 Å². The number of dihydropyridines is 1. The Labute approximate surface area is 121 Å². The van der Waals surface area contributed by atoms with Crippen LogP contribution in [0.25, 0.3) is 11.1 Å². The topological polar surface area (TPSA) is 55.1 Å². The Balaban J connectivity index is 0.00000133. The van der Waals surface area contributed by atoms with E-state index in [1.54, 1.807) is 6.08 Å². The number of nitrogens with zero attached hydrogens (tertiary/aromatic N) is 1. The standard InChI is InChI=1S/C14H12N2O2.Fe/c1-9(17)10-6-4-7-12(15-10)14-16-11-5-2-3-8-13(11)18-14;/h2-8,12,15H,1H3;. The molecule has 0 spiro atoms. The van der Waals surface area contributed by atoms with Crippen molar-refractivity contribution in [3.05, 3.63) is 54.1 Å². The van der Waals surface area contributed by atoms with E-state index in [9.17, 15) is 4.79 Å². The third-order valence-corrected chi connectivity index (χ3v) is 2.83. The van der Waals surface area contributed by atoms with Crippen LogP contribution in [0.5, 0.6) is 0 Å². The summed E-state index contributed by atoms with van der Waals surface area (Å²) in [6.45, 7) is 1.53. The van der Waals surface area contributed by atoms with E-state index >= 15 is 0 Å². The Morgan fingerprint density at radius 2 is 2.16 bits per heavy atom. The molecule has 0 radical (unpaired) electrons. The van der Waals surface area contributed by atoms with E-state index in [0.29, 0.717) is 11.6 Å². The van der Waals surface area contributed by atoms with Crippen molar-refractivity contribution in [3.63, 3.8) is 0 Å². The van der Waals surface area contributed by atoms with E-state index in [4.69, 9.17) is 4.42 Å². The Bertz CT molecular complexity index is 640. The van der Waals surface area contributed by atoms with Gasteiger partial charge in [-0.1, -0.05) is 24.3 Å². The molecule has 1 aliphatic heterocycles.